The minimum Gasteiger partial charge on any atom is -0.375 e. The monoisotopic (exact) mass is 403 g/mol. The first kappa shape index (κ1) is 23.6. The topological polar surface area (TPSA) is 61.8 Å². The highest BCUT2D eigenvalue weighted by molar-refractivity contribution is 5.79. The zero-order valence-corrected chi connectivity index (χ0v) is 19.7. The van der Waals surface area contributed by atoms with Crippen molar-refractivity contribution in [2.24, 2.45) is 10.4 Å². The van der Waals surface area contributed by atoms with E-state index in [0.717, 1.165) is 50.7 Å². The number of nitrogens with zero attached hydrogens (tertiary/aromatic N) is 3. The Labute approximate surface area is 177 Å². The highest BCUT2D eigenvalue weighted by Crippen LogP contribution is 2.48. The van der Waals surface area contributed by atoms with Crippen LogP contribution in [0, 0.1) is 12.3 Å². The van der Waals surface area contributed by atoms with E-state index in [4.69, 9.17) is 4.74 Å². The number of pyridine rings is 1. The van der Waals surface area contributed by atoms with Crippen molar-refractivity contribution in [3.63, 3.8) is 0 Å². The van der Waals surface area contributed by atoms with Crippen LogP contribution in [0.3, 0.4) is 0 Å². The molecule has 0 spiro atoms. The molecule has 6 heteroatoms. The van der Waals surface area contributed by atoms with Crippen LogP contribution in [0.2, 0.25) is 0 Å². The van der Waals surface area contributed by atoms with Gasteiger partial charge < -0.3 is 15.4 Å². The van der Waals surface area contributed by atoms with Crippen LogP contribution in [-0.2, 0) is 10.3 Å². The van der Waals surface area contributed by atoms with Gasteiger partial charge in [-0.2, -0.15) is 0 Å². The third-order valence-electron chi connectivity index (χ3n) is 6.90. The molecule has 2 heterocycles. The van der Waals surface area contributed by atoms with Crippen molar-refractivity contribution in [3.05, 3.63) is 29.6 Å². The van der Waals surface area contributed by atoms with Crippen molar-refractivity contribution in [1.82, 2.24) is 20.5 Å². The van der Waals surface area contributed by atoms with Crippen molar-refractivity contribution >= 4 is 5.96 Å². The molecular weight excluding hydrogens is 362 g/mol. The molecule has 2 N–H and O–H groups in total. The maximum atomic E-state index is 6.30. The molecule has 0 bridgehead atoms. The quantitative estimate of drug-likeness (QED) is 0.515. The molecule has 0 aliphatic carbocycles. The van der Waals surface area contributed by atoms with Crippen LogP contribution in [0.1, 0.15) is 58.7 Å². The first-order valence-corrected chi connectivity index (χ1v) is 10.8. The van der Waals surface area contributed by atoms with Gasteiger partial charge in [-0.15, -0.1) is 0 Å². The van der Waals surface area contributed by atoms with Gasteiger partial charge in [-0.1, -0.05) is 6.07 Å². The normalized spacial score (nSPS) is 21.4. The van der Waals surface area contributed by atoms with Crippen LogP contribution in [0.15, 0.2) is 23.3 Å². The average molecular weight is 404 g/mol. The number of nitrogens with one attached hydrogen (secondary N) is 2. The van der Waals surface area contributed by atoms with Gasteiger partial charge in [-0.25, -0.2) is 0 Å². The fraction of sp³-hybridized carbons (Fsp3) is 0.739. The first-order chi connectivity index (χ1) is 13.6. The SMILES string of the molecule is CCOC(C)(C)[C@@]1(CCNC(=NC)NC)CCN(C(C)(C)c2ccc(C)nc2)C1. The van der Waals surface area contributed by atoms with E-state index >= 15 is 0 Å². The molecule has 0 amide bonds. The second kappa shape index (κ2) is 9.43. The minimum absolute atomic E-state index is 0.0675. The van der Waals surface area contributed by atoms with Crippen molar-refractivity contribution in [2.45, 2.75) is 65.5 Å². The summed E-state index contributed by atoms with van der Waals surface area (Å²) in [5.74, 6) is 0.829. The molecule has 0 radical (unpaired) electrons. The second-order valence-electron chi connectivity index (χ2n) is 9.14. The van der Waals surface area contributed by atoms with Crippen molar-refractivity contribution < 1.29 is 4.74 Å². The van der Waals surface area contributed by atoms with E-state index in [1.807, 2.05) is 20.2 Å². The van der Waals surface area contributed by atoms with Crippen LogP contribution < -0.4 is 10.6 Å². The Morgan fingerprint density at radius 3 is 2.59 bits per heavy atom. The standard InChI is InChI=1S/C23H41N5O/c1-9-29-22(5,6)23(12-14-26-20(24-7)25-8)13-15-28(17-23)21(3,4)19-11-10-18(2)27-16-19/h10-11,16H,9,12-15,17H2,1-8H3,(H2,24,25,26)/t23-/m0/s1. The lowest BCUT2D eigenvalue weighted by atomic mass is 9.70. The van der Waals surface area contributed by atoms with Gasteiger partial charge in [0, 0.05) is 56.6 Å². The lowest BCUT2D eigenvalue weighted by molar-refractivity contribution is -0.109. The third kappa shape index (κ3) is 5.10. The number of aliphatic imine (C=N–C) groups is 1. The molecular formula is C23H41N5O. The number of aryl methyl sites for hydroxylation is 1. The van der Waals surface area contributed by atoms with Gasteiger partial charge in [0.15, 0.2) is 5.96 Å². The number of hydrogen-bond donors (Lipinski definition) is 2. The zero-order valence-electron chi connectivity index (χ0n) is 19.7. The molecule has 29 heavy (non-hydrogen) atoms. The molecule has 2 rings (SSSR count). The summed E-state index contributed by atoms with van der Waals surface area (Å²) in [5, 5.41) is 6.53. The van der Waals surface area contributed by atoms with E-state index < -0.39 is 0 Å². The molecule has 6 nitrogen and oxygen atoms in total. The molecule has 1 aliphatic rings. The number of aromatic nitrogens is 1. The molecule has 1 atom stereocenters. The predicted octanol–water partition coefficient (Wildman–Crippen LogP) is 3.32. The summed E-state index contributed by atoms with van der Waals surface area (Å²) in [6.45, 7) is 16.9. The number of likely N-dealkylation sites (tertiary alicyclic amines) is 1. The zero-order chi connectivity index (χ0) is 21.7. The van der Waals surface area contributed by atoms with Gasteiger partial charge in [0.1, 0.15) is 0 Å². The Balaban J connectivity index is 2.23. The van der Waals surface area contributed by atoms with Gasteiger partial charge in [-0.3, -0.25) is 14.9 Å². The van der Waals surface area contributed by atoms with Crippen LogP contribution >= 0.6 is 0 Å². The Kier molecular flexibility index (Phi) is 7.68. The van der Waals surface area contributed by atoms with Crippen molar-refractivity contribution in [2.75, 3.05) is 40.3 Å². The van der Waals surface area contributed by atoms with Gasteiger partial charge in [0.2, 0.25) is 0 Å². The van der Waals surface area contributed by atoms with Crippen LogP contribution in [0.5, 0.6) is 0 Å². The number of guanidine groups is 1. The Morgan fingerprint density at radius 2 is 2.03 bits per heavy atom. The summed E-state index contributed by atoms with van der Waals surface area (Å²) in [4.78, 5) is 11.4. The van der Waals surface area contributed by atoms with E-state index in [-0.39, 0.29) is 16.6 Å². The van der Waals surface area contributed by atoms with Crippen molar-refractivity contribution in [1.29, 1.82) is 0 Å². The van der Waals surface area contributed by atoms with E-state index in [1.54, 1.807) is 7.05 Å². The predicted molar refractivity (Wildman–Crippen MR) is 121 cm³/mol. The second-order valence-corrected chi connectivity index (χ2v) is 9.14. The lowest BCUT2D eigenvalue weighted by Gasteiger charge is -2.46. The van der Waals surface area contributed by atoms with Gasteiger partial charge in [0.25, 0.3) is 0 Å². The summed E-state index contributed by atoms with van der Waals surface area (Å²) in [6.07, 6.45) is 4.17. The number of rotatable bonds is 8. The Hall–Kier alpha value is -1.66. The summed E-state index contributed by atoms with van der Waals surface area (Å²) in [7, 11) is 3.69. The maximum absolute atomic E-state index is 6.30. The summed E-state index contributed by atoms with van der Waals surface area (Å²) in [5.41, 5.74) is 2.11. The van der Waals surface area contributed by atoms with E-state index in [9.17, 15) is 0 Å². The highest BCUT2D eigenvalue weighted by Gasteiger charge is 2.52. The molecule has 1 aliphatic heterocycles. The number of ether oxygens (including phenoxy) is 1. The smallest absolute Gasteiger partial charge is 0.190 e. The van der Waals surface area contributed by atoms with E-state index in [0.29, 0.717) is 0 Å². The fourth-order valence-corrected chi connectivity index (χ4v) is 4.57. The van der Waals surface area contributed by atoms with E-state index in [1.165, 1.54) is 5.56 Å². The molecule has 0 saturated carbocycles. The third-order valence-corrected chi connectivity index (χ3v) is 6.90. The van der Waals surface area contributed by atoms with Gasteiger partial charge in [-0.05, 0) is 72.6 Å². The molecule has 1 saturated heterocycles. The van der Waals surface area contributed by atoms with Crippen LogP contribution in [0.4, 0.5) is 0 Å². The number of hydrogen-bond acceptors (Lipinski definition) is 4. The van der Waals surface area contributed by atoms with Crippen LogP contribution in [0.25, 0.3) is 0 Å². The summed E-state index contributed by atoms with van der Waals surface area (Å²) >= 11 is 0. The largest absolute Gasteiger partial charge is 0.375 e. The Morgan fingerprint density at radius 1 is 1.31 bits per heavy atom. The van der Waals surface area contributed by atoms with Gasteiger partial charge >= 0.3 is 0 Å². The van der Waals surface area contributed by atoms with Crippen molar-refractivity contribution in [3.8, 4) is 0 Å². The molecule has 0 aromatic carbocycles. The fourth-order valence-electron chi connectivity index (χ4n) is 4.57. The molecule has 1 aromatic rings. The first-order valence-electron chi connectivity index (χ1n) is 10.8. The lowest BCUT2D eigenvalue weighted by Crippen LogP contribution is -2.51. The molecule has 1 fully saturated rings. The van der Waals surface area contributed by atoms with Gasteiger partial charge in [0.05, 0.1) is 5.60 Å². The minimum atomic E-state index is -0.205. The summed E-state index contributed by atoms with van der Waals surface area (Å²) < 4.78 is 6.30. The van der Waals surface area contributed by atoms with E-state index in [2.05, 4.69) is 72.3 Å². The Bertz CT molecular complexity index is 683. The average Bonchev–Trinajstić information content (AvgIpc) is 3.13. The van der Waals surface area contributed by atoms with Crippen LogP contribution in [-0.4, -0.2) is 61.8 Å². The molecule has 164 valence electrons. The highest BCUT2D eigenvalue weighted by atomic mass is 16.5. The summed E-state index contributed by atoms with van der Waals surface area (Å²) in [6, 6.07) is 4.33. The molecule has 1 aromatic heterocycles. The maximum Gasteiger partial charge on any atom is 0.190 e. The molecule has 0 unspecified atom stereocenters.